The second-order valence-corrected chi connectivity index (χ2v) is 8.62. The predicted octanol–water partition coefficient (Wildman–Crippen LogP) is 1.34. The number of ether oxygens (including phenoxy) is 1. The van der Waals surface area contributed by atoms with Crippen LogP contribution in [0.5, 0.6) is 0 Å². The van der Waals surface area contributed by atoms with E-state index in [9.17, 15) is 14.9 Å². The zero-order valence-corrected chi connectivity index (χ0v) is 14.7. The maximum atomic E-state index is 13.5. The van der Waals surface area contributed by atoms with Gasteiger partial charge < -0.3 is 19.8 Å². The van der Waals surface area contributed by atoms with Crippen molar-refractivity contribution < 1.29 is 14.5 Å². The Morgan fingerprint density at radius 3 is 2.54 bits per heavy atom. The minimum absolute atomic E-state index is 0.258. The molecule has 4 bridgehead atoms. The topological polar surface area (TPSA) is 103 Å². The summed E-state index contributed by atoms with van der Waals surface area (Å²) in [7, 11) is 0. The zero-order chi connectivity index (χ0) is 17.9. The molecule has 5 fully saturated rings. The monoisotopic (exact) mass is 361 g/mol. The highest BCUT2D eigenvalue weighted by molar-refractivity contribution is 5.83. The third-order valence-electron chi connectivity index (χ3n) is 6.91. The predicted molar refractivity (Wildman–Crippen MR) is 89.2 cm³/mol. The highest BCUT2D eigenvalue weighted by Gasteiger charge is 2.63. The molecule has 1 aromatic heterocycles. The van der Waals surface area contributed by atoms with Gasteiger partial charge in [-0.15, -0.1) is 0 Å². The fraction of sp³-hybridized carbons (Fsp3) is 0.824. The molecule has 6 rings (SSSR count). The molecule has 1 saturated heterocycles. The van der Waals surface area contributed by atoms with Crippen molar-refractivity contribution in [3.63, 3.8) is 0 Å². The Morgan fingerprint density at radius 1 is 1.23 bits per heavy atom. The van der Waals surface area contributed by atoms with Gasteiger partial charge in [0.05, 0.1) is 24.2 Å². The lowest BCUT2D eigenvalue weighted by Gasteiger charge is -2.60. The van der Waals surface area contributed by atoms with Gasteiger partial charge in [-0.2, -0.15) is 4.68 Å². The number of morpholine rings is 1. The van der Waals surface area contributed by atoms with Crippen molar-refractivity contribution in [3.8, 4) is 0 Å². The van der Waals surface area contributed by atoms with E-state index in [0.717, 1.165) is 38.5 Å². The Kier molecular flexibility index (Phi) is 3.41. The number of nitro groups is 1. The van der Waals surface area contributed by atoms with E-state index in [0.29, 0.717) is 38.1 Å². The maximum absolute atomic E-state index is 13.5. The van der Waals surface area contributed by atoms with Crippen molar-refractivity contribution in [2.45, 2.75) is 44.1 Å². The van der Waals surface area contributed by atoms with Crippen LogP contribution in [0.3, 0.4) is 0 Å². The van der Waals surface area contributed by atoms with Crippen LogP contribution in [-0.2, 0) is 15.1 Å². The van der Waals surface area contributed by atoms with Crippen LogP contribution < -0.4 is 0 Å². The Bertz CT molecular complexity index is 742. The summed E-state index contributed by atoms with van der Waals surface area (Å²) in [5.41, 5.74) is -0.643. The van der Waals surface area contributed by atoms with Crippen LogP contribution in [0.4, 0.5) is 5.95 Å². The number of carbonyl (C=O) groups excluding carboxylic acids is 1. The van der Waals surface area contributed by atoms with Crippen molar-refractivity contribution >= 4 is 11.9 Å². The molecule has 1 aromatic rings. The molecule has 1 aliphatic heterocycles. The van der Waals surface area contributed by atoms with Crippen molar-refractivity contribution in [2.24, 2.45) is 17.3 Å². The SMILES string of the molecule is O=C(N1CCOCC1)C12C[C@H]3C[C@H](C1)CC(n1cnc([N+](=O)[O-])n1)(C3)C2. The van der Waals surface area contributed by atoms with Gasteiger partial charge in [0, 0.05) is 18.2 Å². The first-order chi connectivity index (χ1) is 12.5. The van der Waals surface area contributed by atoms with Gasteiger partial charge in [0.25, 0.3) is 0 Å². The van der Waals surface area contributed by atoms with Crippen LogP contribution in [0.15, 0.2) is 6.33 Å². The van der Waals surface area contributed by atoms with Gasteiger partial charge in [0.2, 0.25) is 12.2 Å². The van der Waals surface area contributed by atoms with Gasteiger partial charge in [0.1, 0.15) is 0 Å². The van der Waals surface area contributed by atoms with Gasteiger partial charge in [-0.25, -0.2) is 0 Å². The highest BCUT2D eigenvalue weighted by atomic mass is 16.6. The van der Waals surface area contributed by atoms with Crippen molar-refractivity contribution in [1.82, 2.24) is 19.7 Å². The maximum Gasteiger partial charge on any atom is 0.490 e. The number of aromatic nitrogens is 3. The average molecular weight is 361 g/mol. The smallest absolute Gasteiger partial charge is 0.390 e. The highest BCUT2D eigenvalue weighted by Crippen LogP contribution is 2.64. The van der Waals surface area contributed by atoms with E-state index < -0.39 is 4.92 Å². The third-order valence-corrected chi connectivity index (χ3v) is 6.91. The molecule has 4 aliphatic carbocycles. The summed E-state index contributed by atoms with van der Waals surface area (Å²) in [5, 5.41) is 15.2. The summed E-state index contributed by atoms with van der Waals surface area (Å²) in [6.07, 6.45) is 7.17. The molecule has 4 saturated carbocycles. The molecule has 2 atom stereocenters. The van der Waals surface area contributed by atoms with E-state index in [4.69, 9.17) is 4.74 Å². The van der Waals surface area contributed by atoms with Crippen molar-refractivity contribution in [2.75, 3.05) is 26.3 Å². The van der Waals surface area contributed by atoms with Crippen molar-refractivity contribution in [3.05, 3.63) is 16.4 Å². The minimum atomic E-state index is -0.550. The third kappa shape index (κ3) is 2.29. The molecule has 0 aromatic carbocycles. The molecule has 9 heteroatoms. The number of hydrogen-bond acceptors (Lipinski definition) is 6. The Hall–Kier alpha value is -2.03. The summed E-state index contributed by atoms with van der Waals surface area (Å²) in [4.78, 5) is 29.8. The van der Waals surface area contributed by atoms with Crippen LogP contribution >= 0.6 is 0 Å². The van der Waals surface area contributed by atoms with E-state index in [1.807, 2.05) is 4.90 Å². The average Bonchev–Trinajstić information content (AvgIpc) is 3.12. The molecule has 140 valence electrons. The first kappa shape index (κ1) is 16.2. The van der Waals surface area contributed by atoms with Gasteiger partial charge >= 0.3 is 5.95 Å². The van der Waals surface area contributed by atoms with Crippen LogP contribution in [0.25, 0.3) is 0 Å². The molecule has 2 heterocycles. The lowest BCUT2D eigenvalue weighted by molar-refractivity contribution is -0.394. The van der Waals surface area contributed by atoms with Gasteiger partial charge in [-0.1, -0.05) is 4.98 Å². The number of carbonyl (C=O) groups is 1. The number of nitrogens with zero attached hydrogens (tertiary/aromatic N) is 5. The van der Waals surface area contributed by atoms with E-state index in [-0.39, 0.29) is 22.8 Å². The summed E-state index contributed by atoms with van der Waals surface area (Å²) in [6, 6.07) is 0. The fourth-order valence-electron chi connectivity index (χ4n) is 6.40. The second-order valence-electron chi connectivity index (χ2n) is 8.62. The molecule has 1 amide bonds. The fourth-order valence-corrected chi connectivity index (χ4v) is 6.40. The minimum Gasteiger partial charge on any atom is -0.390 e. The van der Waals surface area contributed by atoms with Crippen LogP contribution in [-0.4, -0.2) is 56.8 Å². The van der Waals surface area contributed by atoms with Crippen molar-refractivity contribution in [1.29, 1.82) is 0 Å². The summed E-state index contributed by atoms with van der Waals surface area (Å²) in [5.74, 6) is 0.886. The van der Waals surface area contributed by atoms with E-state index in [1.165, 1.54) is 6.33 Å². The number of rotatable bonds is 3. The second kappa shape index (κ2) is 5.48. The molecule has 0 unspecified atom stereocenters. The van der Waals surface area contributed by atoms with E-state index in [1.54, 1.807) is 4.68 Å². The summed E-state index contributed by atoms with van der Waals surface area (Å²) < 4.78 is 7.12. The Balaban J connectivity index is 1.49. The quantitative estimate of drug-likeness (QED) is 0.594. The molecule has 0 radical (unpaired) electrons. The molecular formula is C17H23N5O4. The number of hydrogen-bond donors (Lipinski definition) is 0. The van der Waals surface area contributed by atoms with Gasteiger partial charge in [0.15, 0.2) is 0 Å². The van der Waals surface area contributed by atoms with Crippen LogP contribution in [0, 0.1) is 27.4 Å². The first-order valence-electron chi connectivity index (χ1n) is 9.43. The first-order valence-corrected chi connectivity index (χ1v) is 9.43. The standard InChI is InChI=1S/C17H23N5O4/c23-14(20-1-3-26-4-2-20)16-6-12-5-13(7-16)9-17(8-12,10-16)21-11-18-15(19-21)22(24)25/h11-13H,1-10H2/t12-,13-,16?,17?/m1/s1. The number of amides is 1. The summed E-state index contributed by atoms with van der Waals surface area (Å²) >= 11 is 0. The molecule has 0 spiro atoms. The molecule has 0 N–H and O–H groups in total. The normalized spacial score (nSPS) is 38.5. The largest absolute Gasteiger partial charge is 0.490 e. The molecule has 9 nitrogen and oxygen atoms in total. The van der Waals surface area contributed by atoms with Crippen LogP contribution in [0.1, 0.15) is 38.5 Å². The zero-order valence-electron chi connectivity index (χ0n) is 14.7. The van der Waals surface area contributed by atoms with E-state index >= 15 is 0 Å². The summed E-state index contributed by atoms with van der Waals surface area (Å²) in [6.45, 7) is 2.54. The van der Waals surface area contributed by atoms with Crippen LogP contribution in [0.2, 0.25) is 0 Å². The lowest BCUT2D eigenvalue weighted by Crippen LogP contribution is -2.62. The Labute approximate surface area is 150 Å². The van der Waals surface area contributed by atoms with Gasteiger partial charge in [-0.3, -0.25) is 4.79 Å². The Morgan fingerprint density at radius 2 is 1.92 bits per heavy atom. The lowest BCUT2D eigenvalue weighted by atomic mass is 9.46. The molecule has 26 heavy (non-hydrogen) atoms. The van der Waals surface area contributed by atoms with E-state index in [2.05, 4.69) is 10.1 Å². The molecule has 5 aliphatic rings. The molecular weight excluding hydrogens is 338 g/mol. The van der Waals surface area contributed by atoms with Gasteiger partial charge in [-0.05, 0) is 55.3 Å².